The van der Waals surface area contributed by atoms with Gasteiger partial charge >= 0.3 is 6.18 Å². The third-order valence-electron chi connectivity index (χ3n) is 6.17. The molecule has 4 aliphatic carbocycles. The van der Waals surface area contributed by atoms with Gasteiger partial charge in [-0.1, -0.05) is 12.1 Å². The van der Waals surface area contributed by atoms with Crippen molar-refractivity contribution in [2.24, 2.45) is 17.8 Å². The van der Waals surface area contributed by atoms with Crippen LogP contribution in [0.2, 0.25) is 0 Å². The molecule has 4 saturated carbocycles. The molecule has 0 spiro atoms. The SMILES string of the molecule is O=C(CNC12CC3CC(CC(C3)C1)C2)Nc1ccccc1C(F)(F)F. The summed E-state index contributed by atoms with van der Waals surface area (Å²) in [7, 11) is 0. The summed E-state index contributed by atoms with van der Waals surface area (Å²) in [5, 5.41) is 5.84. The molecular formula is C19H23F3N2O. The van der Waals surface area contributed by atoms with Crippen LogP contribution in [-0.4, -0.2) is 18.0 Å². The Labute approximate surface area is 145 Å². The van der Waals surface area contributed by atoms with Gasteiger partial charge in [0.05, 0.1) is 17.8 Å². The first kappa shape index (κ1) is 16.9. The van der Waals surface area contributed by atoms with Crippen LogP contribution in [-0.2, 0) is 11.0 Å². The van der Waals surface area contributed by atoms with Crippen LogP contribution in [0.5, 0.6) is 0 Å². The first-order valence-corrected chi connectivity index (χ1v) is 9.04. The molecule has 0 unspecified atom stereocenters. The maximum Gasteiger partial charge on any atom is 0.418 e. The molecule has 1 aromatic carbocycles. The highest BCUT2D eigenvalue weighted by molar-refractivity contribution is 5.93. The third-order valence-corrected chi connectivity index (χ3v) is 6.17. The van der Waals surface area contributed by atoms with Gasteiger partial charge in [0.1, 0.15) is 0 Å². The summed E-state index contributed by atoms with van der Waals surface area (Å²) < 4.78 is 39.1. The average molecular weight is 352 g/mol. The summed E-state index contributed by atoms with van der Waals surface area (Å²) in [4.78, 5) is 12.2. The zero-order chi connectivity index (χ0) is 17.7. The van der Waals surface area contributed by atoms with E-state index in [-0.39, 0.29) is 17.8 Å². The second-order valence-electron chi connectivity index (χ2n) is 8.14. The molecule has 0 aliphatic heterocycles. The van der Waals surface area contributed by atoms with Crippen molar-refractivity contribution in [1.82, 2.24) is 5.32 Å². The molecule has 4 aliphatic rings. The van der Waals surface area contributed by atoms with Gasteiger partial charge in [0, 0.05) is 5.54 Å². The summed E-state index contributed by atoms with van der Waals surface area (Å²) in [6, 6.07) is 5.11. The first-order valence-electron chi connectivity index (χ1n) is 9.04. The first-order chi connectivity index (χ1) is 11.8. The Morgan fingerprint density at radius 1 is 1.04 bits per heavy atom. The molecule has 6 heteroatoms. The van der Waals surface area contributed by atoms with Gasteiger partial charge in [0.25, 0.3) is 0 Å². The van der Waals surface area contributed by atoms with Crippen LogP contribution in [0.3, 0.4) is 0 Å². The lowest BCUT2D eigenvalue weighted by molar-refractivity contribution is -0.137. The van der Waals surface area contributed by atoms with Crippen LogP contribution in [0.25, 0.3) is 0 Å². The van der Waals surface area contributed by atoms with Gasteiger partial charge in [0.15, 0.2) is 0 Å². The van der Waals surface area contributed by atoms with Crippen molar-refractivity contribution in [2.75, 3.05) is 11.9 Å². The molecule has 1 aromatic rings. The lowest BCUT2D eigenvalue weighted by atomic mass is 9.53. The number of halogens is 3. The normalized spacial score (nSPS) is 33.5. The van der Waals surface area contributed by atoms with Crippen LogP contribution < -0.4 is 10.6 Å². The van der Waals surface area contributed by atoms with E-state index in [1.807, 2.05) is 0 Å². The number of hydrogen-bond donors (Lipinski definition) is 2. The zero-order valence-electron chi connectivity index (χ0n) is 14.0. The minimum absolute atomic E-state index is 0.0234. The van der Waals surface area contributed by atoms with Gasteiger partial charge in [-0.15, -0.1) is 0 Å². The van der Waals surface area contributed by atoms with Crippen LogP contribution >= 0.6 is 0 Å². The second kappa shape index (κ2) is 6.01. The molecule has 0 atom stereocenters. The van der Waals surface area contributed by atoms with Crippen LogP contribution in [0.1, 0.15) is 44.1 Å². The minimum Gasteiger partial charge on any atom is -0.324 e. The molecule has 136 valence electrons. The molecule has 1 amide bonds. The summed E-state index contributed by atoms with van der Waals surface area (Å²) in [6.07, 6.45) is 2.77. The van der Waals surface area contributed by atoms with Crippen LogP contribution in [0, 0.1) is 17.8 Å². The van der Waals surface area contributed by atoms with Gasteiger partial charge in [0.2, 0.25) is 5.91 Å². The Bertz CT molecular complexity index is 636. The number of carbonyl (C=O) groups is 1. The lowest BCUT2D eigenvalue weighted by Gasteiger charge is -2.57. The van der Waals surface area contributed by atoms with Crippen LogP contribution in [0.15, 0.2) is 24.3 Å². The number of anilines is 1. The molecule has 3 nitrogen and oxygen atoms in total. The summed E-state index contributed by atoms with van der Waals surface area (Å²) >= 11 is 0. The molecule has 0 radical (unpaired) electrons. The maximum atomic E-state index is 13.0. The Morgan fingerprint density at radius 2 is 1.60 bits per heavy atom. The van der Waals surface area contributed by atoms with Crippen molar-refractivity contribution in [2.45, 2.75) is 50.2 Å². The molecule has 4 bridgehead atoms. The highest BCUT2D eigenvalue weighted by Gasteiger charge is 2.50. The van der Waals surface area contributed by atoms with E-state index in [1.54, 1.807) is 0 Å². The number of benzene rings is 1. The van der Waals surface area contributed by atoms with Crippen molar-refractivity contribution < 1.29 is 18.0 Å². The fourth-order valence-electron chi connectivity index (χ4n) is 5.63. The fourth-order valence-corrected chi connectivity index (χ4v) is 5.63. The van der Waals surface area contributed by atoms with E-state index < -0.39 is 17.6 Å². The Balaban J connectivity index is 1.39. The van der Waals surface area contributed by atoms with E-state index in [1.165, 1.54) is 37.5 Å². The quantitative estimate of drug-likeness (QED) is 0.853. The van der Waals surface area contributed by atoms with Crippen molar-refractivity contribution in [1.29, 1.82) is 0 Å². The molecule has 4 fully saturated rings. The Hall–Kier alpha value is -1.56. The predicted octanol–water partition coefficient (Wildman–Crippen LogP) is 4.20. The largest absolute Gasteiger partial charge is 0.418 e. The van der Waals surface area contributed by atoms with Crippen molar-refractivity contribution in [3.05, 3.63) is 29.8 Å². The molecule has 5 rings (SSSR count). The summed E-state index contributed by atoms with van der Waals surface area (Å²) in [5.74, 6) is 1.86. The van der Waals surface area contributed by atoms with Gasteiger partial charge in [-0.25, -0.2) is 0 Å². The molecule has 2 N–H and O–H groups in total. The van der Waals surface area contributed by atoms with E-state index in [4.69, 9.17) is 0 Å². The summed E-state index contributed by atoms with van der Waals surface area (Å²) in [5.41, 5.74) is -0.958. The van der Waals surface area contributed by atoms with E-state index >= 15 is 0 Å². The maximum absolute atomic E-state index is 13.0. The molecule has 0 heterocycles. The minimum atomic E-state index is -4.47. The Morgan fingerprint density at radius 3 is 2.16 bits per heavy atom. The highest BCUT2D eigenvalue weighted by atomic mass is 19.4. The third kappa shape index (κ3) is 3.41. The van der Waals surface area contributed by atoms with E-state index in [0.717, 1.165) is 43.1 Å². The molecule has 25 heavy (non-hydrogen) atoms. The summed E-state index contributed by atoms with van der Waals surface area (Å²) in [6.45, 7) is 0.0678. The van der Waals surface area contributed by atoms with E-state index in [9.17, 15) is 18.0 Å². The average Bonchev–Trinajstić information content (AvgIpc) is 2.51. The number of nitrogens with one attached hydrogen (secondary N) is 2. The number of amides is 1. The monoisotopic (exact) mass is 352 g/mol. The van der Waals surface area contributed by atoms with Gasteiger partial charge in [-0.2, -0.15) is 13.2 Å². The molecule has 0 aromatic heterocycles. The van der Waals surface area contributed by atoms with E-state index in [2.05, 4.69) is 10.6 Å². The van der Waals surface area contributed by atoms with E-state index in [0.29, 0.717) is 0 Å². The van der Waals surface area contributed by atoms with Crippen molar-refractivity contribution in [3.8, 4) is 0 Å². The molecular weight excluding hydrogens is 329 g/mol. The van der Waals surface area contributed by atoms with Crippen LogP contribution in [0.4, 0.5) is 18.9 Å². The number of carbonyl (C=O) groups excluding carboxylic acids is 1. The highest BCUT2D eigenvalue weighted by Crippen LogP contribution is 2.55. The smallest absolute Gasteiger partial charge is 0.324 e. The lowest BCUT2D eigenvalue weighted by Crippen LogP contribution is -2.59. The zero-order valence-corrected chi connectivity index (χ0v) is 14.0. The molecule has 0 saturated heterocycles. The number of hydrogen-bond acceptors (Lipinski definition) is 2. The predicted molar refractivity (Wildman–Crippen MR) is 89.0 cm³/mol. The standard InChI is InChI=1S/C19H23F3N2O/c20-19(21,22)15-3-1-2-4-16(15)24-17(25)11-23-18-8-12-5-13(9-18)7-14(6-12)10-18/h1-4,12-14,23H,5-11H2,(H,24,25). The van der Waals surface area contributed by atoms with Gasteiger partial charge < -0.3 is 10.6 Å². The van der Waals surface area contributed by atoms with Gasteiger partial charge in [-0.3, -0.25) is 4.79 Å². The number of rotatable bonds is 4. The Kier molecular flexibility index (Phi) is 4.06. The van der Waals surface area contributed by atoms with Crippen molar-refractivity contribution in [3.63, 3.8) is 0 Å². The fraction of sp³-hybridized carbons (Fsp3) is 0.632. The second-order valence-corrected chi connectivity index (χ2v) is 8.14. The number of alkyl halides is 3. The topological polar surface area (TPSA) is 41.1 Å². The van der Waals surface area contributed by atoms with Gasteiger partial charge in [-0.05, 0) is 68.4 Å². The van der Waals surface area contributed by atoms with Crippen molar-refractivity contribution >= 4 is 11.6 Å². The number of para-hydroxylation sites is 1.